The molecular weight excluding hydrogens is 235 g/mol. The number of hydrogen-bond donors (Lipinski definition) is 3. The number of carbonyl (C=O) groups excluding carboxylic acids is 1. The molecule has 5 heteroatoms. The van der Waals surface area contributed by atoms with Gasteiger partial charge in [-0.15, -0.1) is 6.42 Å². The summed E-state index contributed by atoms with van der Waals surface area (Å²) in [6, 6.07) is 5.47. The summed E-state index contributed by atoms with van der Waals surface area (Å²) in [5.41, 5.74) is 0.549. The van der Waals surface area contributed by atoms with Gasteiger partial charge in [-0.2, -0.15) is 0 Å². The first-order chi connectivity index (χ1) is 8.63. The Kier molecular flexibility index (Phi) is 5.85. The molecule has 1 aromatic rings. The molecule has 0 fully saturated rings. The van der Waals surface area contributed by atoms with E-state index in [-0.39, 0.29) is 24.8 Å². The molecule has 96 valence electrons. The molecular formula is C13H15FN2O2. The molecule has 1 aromatic carbocycles. The Balaban J connectivity index is 2.32. The van der Waals surface area contributed by atoms with Gasteiger partial charge in [-0.1, -0.05) is 18.1 Å². The van der Waals surface area contributed by atoms with E-state index in [9.17, 15) is 14.3 Å². The predicted molar refractivity (Wildman–Crippen MR) is 66.1 cm³/mol. The van der Waals surface area contributed by atoms with Crippen molar-refractivity contribution in [3.05, 3.63) is 35.6 Å². The summed E-state index contributed by atoms with van der Waals surface area (Å²) in [5.74, 6) is 1.72. The molecule has 0 heterocycles. The summed E-state index contributed by atoms with van der Waals surface area (Å²) in [7, 11) is 0. The number of halogens is 1. The minimum Gasteiger partial charge on any atom is -0.387 e. The van der Waals surface area contributed by atoms with E-state index < -0.39 is 6.10 Å². The summed E-state index contributed by atoms with van der Waals surface area (Å²) in [6.07, 6.45) is 4.15. The normalized spacial score (nSPS) is 11.6. The van der Waals surface area contributed by atoms with Crippen molar-refractivity contribution >= 4 is 5.91 Å². The molecule has 1 unspecified atom stereocenters. The monoisotopic (exact) mass is 250 g/mol. The van der Waals surface area contributed by atoms with E-state index >= 15 is 0 Å². The van der Waals surface area contributed by atoms with Gasteiger partial charge in [0.25, 0.3) is 0 Å². The average molecular weight is 250 g/mol. The summed E-state index contributed by atoms with van der Waals surface area (Å²) in [6.45, 7) is 0.483. The number of rotatable bonds is 6. The van der Waals surface area contributed by atoms with Crippen LogP contribution >= 0.6 is 0 Å². The number of amides is 1. The second kappa shape index (κ2) is 7.43. The Hall–Kier alpha value is -1.90. The van der Waals surface area contributed by atoms with Gasteiger partial charge >= 0.3 is 0 Å². The van der Waals surface area contributed by atoms with Crippen molar-refractivity contribution < 1.29 is 14.3 Å². The molecule has 0 aliphatic carbocycles. The highest BCUT2D eigenvalue weighted by atomic mass is 19.1. The van der Waals surface area contributed by atoms with Crippen LogP contribution in [0.1, 0.15) is 11.7 Å². The summed E-state index contributed by atoms with van der Waals surface area (Å²) < 4.78 is 12.7. The number of nitrogens with one attached hydrogen (secondary N) is 2. The third-order valence-electron chi connectivity index (χ3n) is 2.26. The Morgan fingerprint density at radius 1 is 1.44 bits per heavy atom. The molecule has 1 atom stereocenters. The first kappa shape index (κ1) is 14.2. The molecule has 0 saturated heterocycles. The van der Waals surface area contributed by atoms with Crippen LogP contribution in [0.4, 0.5) is 4.39 Å². The van der Waals surface area contributed by atoms with Crippen molar-refractivity contribution in [2.75, 3.05) is 19.6 Å². The third-order valence-corrected chi connectivity index (χ3v) is 2.26. The van der Waals surface area contributed by atoms with E-state index in [1.165, 1.54) is 24.3 Å². The van der Waals surface area contributed by atoms with E-state index in [0.29, 0.717) is 12.1 Å². The standard InChI is InChI=1S/C13H15FN2O2/c1-2-7-15-9-13(18)16-8-12(17)10-3-5-11(14)6-4-10/h1,3-6,12,15,17H,7-9H2,(H,16,18). The van der Waals surface area contributed by atoms with Crippen molar-refractivity contribution in [3.63, 3.8) is 0 Å². The average Bonchev–Trinajstić information content (AvgIpc) is 2.37. The van der Waals surface area contributed by atoms with Gasteiger partial charge in [0, 0.05) is 6.54 Å². The summed E-state index contributed by atoms with van der Waals surface area (Å²) in [5, 5.41) is 15.0. The van der Waals surface area contributed by atoms with Gasteiger partial charge in [-0.05, 0) is 17.7 Å². The lowest BCUT2D eigenvalue weighted by atomic mass is 10.1. The molecule has 1 amide bonds. The van der Waals surface area contributed by atoms with Crippen LogP contribution in [0.25, 0.3) is 0 Å². The van der Waals surface area contributed by atoms with Crippen LogP contribution < -0.4 is 10.6 Å². The van der Waals surface area contributed by atoms with Crippen molar-refractivity contribution in [2.45, 2.75) is 6.10 Å². The molecule has 3 N–H and O–H groups in total. The van der Waals surface area contributed by atoms with Gasteiger partial charge in [0.15, 0.2) is 0 Å². The maximum Gasteiger partial charge on any atom is 0.234 e. The Bertz CT molecular complexity index is 426. The minimum absolute atomic E-state index is 0.0716. The Labute approximate surface area is 105 Å². The predicted octanol–water partition coefficient (Wildman–Crippen LogP) is 0.198. The van der Waals surface area contributed by atoms with Gasteiger partial charge in [0.2, 0.25) is 5.91 Å². The fourth-order valence-corrected chi connectivity index (χ4v) is 1.32. The highest BCUT2D eigenvalue weighted by Crippen LogP contribution is 2.12. The molecule has 0 saturated carbocycles. The molecule has 18 heavy (non-hydrogen) atoms. The van der Waals surface area contributed by atoms with E-state index in [1.54, 1.807) is 0 Å². The van der Waals surface area contributed by atoms with Crippen LogP contribution in [-0.2, 0) is 4.79 Å². The van der Waals surface area contributed by atoms with Gasteiger partial charge in [0.05, 0.1) is 19.2 Å². The minimum atomic E-state index is -0.859. The molecule has 0 aliphatic heterocycles. The largest absolute Gasteiger partial charge is 0.387 e. The zero-order chi connectivity index (χ0) is 13.4. The van der Waals surface area contributed by atoms with E-state index in [2.05, 4.69) is 16.6 Å². The maximum absolute atomic E-state index is 12.7. The SMILES string of the molecule is C#CCNCC(=O)NCC(O)c1ccc(F)cc1. The molecule has 0 radical (unpaired) electrons. The maximum atomic E-state index is 12.7. The zero-order valence-electron chi connectivity index (χ0n) is 9.82. The zero-order valence-corrected chi connectivity index (χ0v) is 9.82. The van der Waals surface area contributed by atoms with Gasteiger partial charge in [-0.25, -0.2) is 4.39 Å². The second-order valence-electron chi connectivity index (χ2n) is 3.68. The lowest BCUT2D eigenvalue weighted by Crippen LogP contribution is -2.36. The van der Waals surface area contributed by atoms with Crippen molar-refractivity contribution in [1.29, 1.82) is 0 Å². The van der Waals surface area contributed by atoms with Crippen LogP contribution in [0.5, 0.6) is 0 Å². The fraction of sp³-hybridized carbons (Fsp3) is 0.308. The lowest BCUT2D eigenvalue weighted by Gasteiger charge is -2.12. The molecule has 0 bridgehead atoms. The molecule has 4 nitrogen and oxygen atoms in total. The first-order valence-electron chi connectivity index (χ1n) is 5.48. The smallest absolute Gasteiger partial charge is 0.234 e. The second-order valence-corrected chi connectivity index (χ2v) is 3.68. The van der Waals surface area contributed by atoms with E-state index in [1.807, 2.05) is 0 Å². The third kappa shape index (κ3) is 4.95. The fourth-order valence-electron chi connectivity index (χ4n) is 1.32. The molecule has 1 rings (SSSR count). The number of terminal acetylenes is 1. The number of benzene rings is 1. The number of carbonyl (C=O) groups is 1. The molecule has 0 aromatic heterocycles. The van der Waals surface area contributed by atoms with Crippen LogP contribution in [0.15, 0.2) is 24.3 Å². The highest BCUT2D eigenvalue weighted by molar-refractivity contribution is 5.78. The number of hydrogen-bond acceptors (Lipinski definition) is 3. The topological polar surface area (TPSA) is 61.4 Å². The lowest BCUT2D eigenvalue weighted by molar-refractivity contribution is -0.120. The van der Waals surface area contributed by atoms with Crippen molar-refractivity contribution in [2.24, 2.45) is 0 Å². The Morgan fingerprint density at radius 3 is 2.72 bits per heavy atom. The molecule has 0 aliphatic rings. The van der Waals surface area contributed by atoms with Crippen LogP contribution in [-0.4, -0.2) is 30.6 Å². The van der Waals surface area contributed by atoms with Gasteiger partial charge < -0.3 is 10.4 Å². The number of aliphatic hydroxyl groups excluding tert-OH is 1. The quantitative estimate of drug-likeness (QED) is 0.499. The van der Waals surface area contributed by atoms with E-state index in [0.717, 1.165) is 0 Å². The van der Waals surface area contributed by atoms with Crippen molar-refractivity contribution in [1.82, 2.24) is 10.6 Å². The summed E-state index contributed by atoms with van der Waals surface area (Å²) in [4.78, 5) is 11.3. The van der Waals surface area contributed by atoms with Crippen LogP contribution in [0.3, 0.4) is 0 Å². The van der Waals surface area contributed by atoms with Gasteiger partial charge in [0.1, 0.15) is 5.82 Å². The Morgan fingerprint density at radius 2 is 2.11 bits per heavy atom. The highest BCUT2D eigenvalue weighted by Gasteiger charge is 2.09. The van der Waals surface area contributed by atoms with Crippen LogP contribution in [0, 0.1) is 18.2 Å². The molecule has 0 spiro atoms. The van der Waals surface area contributed by atoms with Crippen LogP contribution in [0.2, 0.25) is 0 Å². The van der Waals surface area contributed by atoms with Crippen molar-refractivity contribution in [3.8, 4) is 12.3 Å². The van der Waals surface area contributed by atoms with Gasteiger partial charge in [-0.3, -0.25) is 10.1 Å². The van der Waals surface area contributed by atoms with E-state index in [4.69, 9.17) is 6.42 Å². The first-order valence-corrected chi connectivity index (χ1v) is 5.48. The summed E-state index contributed by atoms with van der Waals surface area (Å²) >= 11 is 0. The number of aliphatic hydroxyl groups is 1.